The number of unbranched alkanes of at least 4 members (excludes halogenated alkanes) is 4. The second-order valence-electron chi connectivity index (χ2n) is 4.10. The maximum absolute atomic E-state index is 10.9. The van der Waals surface area contributed by atoms with Crippen LogP contribution in [0.2, 0.25) is 0 Å². The van der Waals surface area contributed by atoms with Crippen molar-refractivity contribution >= 4 is 17.9 Å². The first-order chi connectivity index (χ1) is 9.93. The van der Waals surface area contributed by atoms with Crippen molar-refractivity contribution in [3.8, 4) is 0 Å². The van der Waals surface area contributed by atoms with E-state index in [0.29, 0.717) is 12.8 Å². The minimum Gasteiger partial charge on any atom is -0.481 e. The van der Waals surface area contributed by atoms with Gasteiger partial charge in [0.05, 0.1) is 12.5 Å². The molecule has 0 aliphatic heterocycles. The molecule has 0 radical (unpaired) electrons. The average Bonchev–Trinajstić information content (AvgIpc) is 2.37. The lowest BCUT2D eigenvalue weighted by molar-refractivity contribution is -0.138. The van der Waals surface area contributed by atoms with Gasteiger partial charge in [-0.2, -0.15) is 0 Å². The third-order valence-electron chi connectivity index (χ3n) is 2.19. The zero-order chi connectivity index (χ0) is 16.5. The molecule has 0 rings (SSSR count). The van der Waals surface area contributed by atoms with Crippen LogP contribution in [0.4, 0.5) is 0 Å². The van der Waals surface area contributed by atoms with Crippen molar-refractivity contribution in [1.29, 1.82) is 0 Å². The predicted molar refractivity (Wildman–Crippen MR) is 78.2 cm³/mol. The number of carboxylic acid groups (broad SMARTS) is 1. The molecule has 0 aromatic rings. The van der Waals surface area contributed by atoms with Crippen LogP contribution in [-0.4, -0.2) is 23.0 Å². The molecule has 0 amide bonds. The Hall–Kier alpha value is -2.11. The van der Waals surface area contributed by atoms with Crippen LogP contribution >= 0.6 is 0 Å². The molecule has 0 aliphatic carbocycles. The molecule has 0 aromatic carbocycles. The van der Waals surface area contributed by atoms with Crippen LogP contribution in [0.15, 0.2) is 25.7 Å². The van der Waals surface area contributed by atoms with Gasteiger partial charge in [0.2, 0.25) is 0 Å². The van der Waals surface area contributed by atoms with E-state index in [1.807, 2.05) is 0 Å². The van der Waals surface area contributed by atoms with Gasteiger partial charge in [-0.25, -0.2) is 0 Å². The smallest absolute Gasteiger partial charge is 0.310 e. The van der Waals surface area contributed by atoms with Crippen LogP contribution in [0, 0.1) is 0 Å². The normalized spacial score (nSPS) is 8.81. The van der Waals surface area contributed by atoms with E-state index < -0.39 is 5.97 Å². The fraction of sp³-hybridized carbons (Fsp3) is 0.533. The standard InChI is InChI=1S/C13H20O4.C2H4O2/c1-3-16-12(14)10-8-6-5-7-9-11-13(15)17-4-2;1-2(3)4/h3-4H,1-2,5-11H2;1H3,(H,3,4). The van der Waals surface area contributed by atoms with Crippen molar-refractivity contribution in [3.05, 3.63) is 25.7 Å². The monoisotopic (exact) mass is 300 g/mol. The number of hydrogen-bond acceptors (Lipinski definition) is 5. The molecule has 0 aliphatic rings. The van der Waals surface area contributed by atoms with E-state index in [4.69, 9.17) is 9.90 Å². The maximum Gasteiger partial charge on any atom is 0.310 e. The molecule has 0 saturated carbocycles. The molecule has 0 unspecified atom stereocenters. The van der Waals surface area contributed by atoms with Gasteiger partial charge in [-0.15, -0.1) is 0 Å². The molecular formula is C15H24O6. The highest BCUT2D eigenvalue weighted by Crippen LogP contribution is 2.08. The van der Waals surface area contributed by atoms with Gasteiger partial charge in [0.15, 0.2) is 0 Å². The highest BCUT2D eigenvalue weighted by atomic mass is 16.5. The molecule has 0 aromatic heterocycles. The van der Waals surface area contributed by atoms with Crippen LogP contribution in [0.1, 0.15) is 51.9 Å². The van der Waals surface area contributed by atoms with E-state index in [0.717, 1.165) is 51.6 Å². The van der Waals surface area contributed by atoms with Gasteiger partial charge in [-0.1, -0.05) is 32.4 Å². The van der Waals surface area contributed by atoms with Gasteiger partial charge >= 0.3 is 11.9 Å². The number of rotatable bonds is 10. The minimum atomic E-state index is -0.833. The van der Waals surface area contributed by atoms with Crippen molar-refractivity contribution in [2.75, 3.05) is 0 Å². The van der Waals surface area contributed by atoms with Crippen molar-refractivity contribution in [1.82, 2.24) is 0 Å². The Morgan fingerprint density at radius 3 is 1.43 bits per heavy atom. The Morgan fingerprint density at radius 2 is 1.14 bits per heavy atom. The van der Waals surface area contributed by atoms with E-state index >= 15 is 0 Å². The van der Waals surface area contributed by atoms with E-state index in [2.05, 4.69) is 22.6 Å². The molecule has 1 N–H and O–H groups in total. The molecule has 6 heteroatoms. The fourth-order valence-electron chi connectivity index (χ4n) is 1.37. The first-order valence-corrected chi connectivity index (χ1v) is 6.74. The van der Waals surface area contributed by atoms with E-state index in [1.165, 1.54) is 0 Å². The molecular weight excluding hydrogens is 276 g/mol. The van der Waals surface area contributed by atoms with Crippen molar-refractivity contribution in [2.45, 2.75) is 51.9 Å². The van der Waals surface area contributed by atoms with Crippen LogP contribution in [0.5, 0.6) is 0 Å². The van der Waals surface area contributed by atoms with Crippen LogP contribution in [-0.2, 0) is 23.9 Å². The summed E-state index contributed by atoms with van der Waals surface area (Å²) in [6, 6.07) is 0. The summed E-state index contributed by atoms with van der Waals surface area (Å²) < 4.78 is 9.16. The lowest BCUT2D eigenvalue weighted by Crippen LogP contribution is -1.99. The summed E-state index contributed by atoms with van der Waals surface area (Å²) in [5, 5.41) is 7.42. The number of esters is 2. The number of carbonyl (C=O) groups is 3. The van der Waals surface area contributed by atoms with Gasteiger partial charge in [0.1, 0.15) is 0 Å². The Labute approximate surface area is 125 Å². The topological polar surface area (TPSA) is 89.9 Å². The summed E-state index contributed by atoms with van der Waals surface area (Å²) in [5.74, 6) is -1.32. The largest absolute Gasteiger partial charge is 0.481 e. The zero-order valence-electron chi connectivity index (χ0n) is 12.5. The molecule has 0 fully saturated rings. The van der Waals surface area contributed by atoms with E-state index in [1.54, 1.807) is 0 Å². The van der Waals surface area contributed by atoms with Crippen molar-refractivity contribution in [2.24, 2.45) is 0 Å². The van der Waals surface area contributed by atoms with Crippen LogP contribution < -0.4 is 0 Å². The summed E-state index contributed by atoms with van der Waals surface area (Å²) in [5.41, 5.74) is 0. The molecule has 0 heterocycles. The van der Waals surface area contributed by atoms with Gasteiger partial charge < -0.3 is 14.6 Å². The van der Waals surface area contributed by atoms with Crippen LogP contribution in [0.3, 0.4) is 0 Å². The highest BCUT2D eigenvalue weighted by Gasteiger charge is 2.02. The van der Waals surface area contributed by atoms with Gasteiger partial charge in [-0.3, -0.25) is 14.4 Å². The summed E-state index contributed by atoms with van der Waals surface area (Å²) in [7, 11) is 0. The molecule has 120 valence electrons. The Bertz CT molecular complexity index is 305. The van der Waals surface area contributed by atoms with Gasteiger partial charge in [0, 0.05) is 19.8 Å². The number of hydrogen-bond donors (Lipinski definition) is 1. The molecule has 21 heavy (non-hydrogen) atoms. The Morgan fingerprint density at radius 1 is 0.857 bits per heavy atom. The molecule has 6 nitrogen and oxygen atoms in total. The summed E-state index contributed by atoms with van der Waals surface area (Å²) in [6.07, 6.45) is 7.68. The Kier molecular flexibility index (Phi) is 16.1. The number of carboxylic acids is 1. The quantitative estimate of drug-likeness (QED) is 0.378. The molecule has 0 bridgehead atoms. The SMILES string of the molecule is C=COC(=O)CCCCCCCC(=O)OC=C.CC(=O)O. The second-order valence-corrected chi connectivity index (χ2v) is 4.10. The summed E-state index contributed by atoms with van der Waals surface area (Å²) >= 11 is 0. The van der Waals surface area contributed by atoms with E-state index in [-0.39, 0.29) is 11.9 Å². The van der Waals surface area contributed by atoms with Gasteiger partial charge in [0.25, 0.3) is 5.97 Å². The van der Waals surface area contributed by atoms with Crippen LogP contribution in [0.25, 0.3) is 0 Å². The fourth-order valence-corrected chi connectivity index (χ4v) is 1.37. The number of carbonyl (C=O) groups excluding carboxylic acids is 2. The zero-order valence-corrected chi connectivity index (χ0v) is 12.5. The molecule has 0 atom stereocenters. The van der Waals surface area contributed by atoms with Crippen molar-refractivity contribution < 1.29 is 29.0 Å². The third kappa shape index (κ3) is 23.4. The lowest BCUT2D eigenvalue weighted by atomic mass is 10.1. The first kappa shape index (κ1) is 21.2. The summed E-state index contributed by atoms with van der Waals surface area (Å²) in [6.45, 7) is 7.70. The molecule has 0 saturated heterocycles. The highest BCUT2D eigenvalue weighted by molar-refractivity contribution is 5.70. The van der Waals surface area contributed by atoms with Crippen molar-refractivity contribution in [3.63, 3.8) is 0 Å². The number of aliphatic carboxylic acids is 1. The van der Waals surface area contributed by atoms with E-state index in [9.17, 15) is 9.59 Å². The van der Waals surface area contributed by atoms with Gasteiger partial charge in [-0.05, 0) is 12.8 Å². The minimum absolute atomic E-state index is 0.241. The third-order valence-corrected chi connectivity index (χ3v) is 2.19. The second kappa shape index (κ2) is 15.9. The number of ether oxygens (including phenoxy) is 2. The lowest BCUT2D eigenvalue weighted by Gasteiger charge is -2.01. The molecule has 0 spiro atoms. The Balaban J connectivity index is 0. The summed E-state index contributed by atoms with van der Waals surface area (Å²) in [4.78, 5) is 30.9. The maximum atomic E-state index is 10.9. The average molecular weight is 300 g/mol. The predicted octanol–water partition coefficient (Wildman–Crippen LogP) is 3.18. The first-order valence-electron chi connectivity index (χ1n) is 6.74.